The van der Waals surface area contributed by atoms with Crippen LogP contribution in [0.1, 0.15) is 31.0 Å². The van der Waals surface area contributed by atoms with E-state index in [1.54, 1.807) is 23.2 Å². The first-order chi connectivity index (χ1) is 13.8. The summed E-state index contributed by atoms with van der Waals surface area (Å²) in [6.07, 6.45) is 9.69. The third-order valence-electron chi connectivity index (χ3n) is 4.42. The van der Waals surface area contributed by atoms with Crippen LogP contribution in [0.5, 0.6) is 0 Å². The average Bonchev–Trinajstić information content (AvgIpc) is 3.19. The smallest absolute Gasteiger partial charge is 0.299 e. The number of carbonyl (C=O) groups is 1. The standard InChI is InChI=1S/C19H24N6O3S/c1-4-5-10-21-29(27,28)23-18(26)7-6-16-14(2)22-24(3)19(16)25-12-9-15-8-11-20-13-17(15)25/h6-9,11-13,21H,4-5,10H2,1-3H3,(H,23,26). The van der Waals surface area contributed by atoms with Gasteiger partial charge in [0.15, 0.2) is 0 Å². The summed E-state index contributed by atoms with van der Waals surface area (Å²) in [5.41, 5.74) is 2.32. The van der Waals surface area contributed by atoms with Gasteiger partial charge in [-0.25, -0.2) is 4.72 Å². The highest BCUT2D eigenvalue weighted by molar-refractivity contribution is 7.88. The number of hydrogen-bond donors (Lipinski definition) is 2. The summed E-state index contributed by atoms with van der Waals surface area (Å²) in [6.45, 7) is 4.06. The van der Waals surface area contributed by atoms with Crippen molar-refractivity contribution in [2.75, 3.05) is 6.54 Å². The third kappa shape index (κ3) is 4.72. The van der Waals surface area contributed by atoms with Gasteiger partial charge in [0, 0.05) is 43.0 Å². The van der Waals surface area contributed by atoms with Crippen molar-refractivity contribution >= 4 is 33.1 Å². The number of unbranched alkanes of at least 4 members (excludes halogenated alkanes) is 1. The van der Waals surface area contributed by atoms with E-state index in [4.69, 9.17) is 0 Å². The van der Waals surface area contributed by atoms with Crippen LogP contribution in [-0.4, -0.2) is 40.2 Å². The van der Waals surface area contributed by atoms with Crippen molar-refractivity contribution in [2.45, 2.75) is 26.7 Å². The minimum atomic E-state index is -3.88. The molecule has 0 aliphatic carbocycles. The SMILES string of the molecule is CCCCNS(=O)(=O)NC(=O)C=Cc1c(C)nn(C)c1-n1ccc2ccncc21. The largest absolute Gasteiger partial charge is 0.301 e. The summed E-state index contributed by atoms with van der Waals surface area (Å²) in [6, 6.07) is 3.88. The van der Waals surface area contributed by atoms with E-state index in [0.29, 0.717) is 17.7 Å². The molecular formula is C19H24N6O3S. The van der Waals surface area contributed by atoms with Crippen molar-refractivity contribution in [2.24, 2.45) is 7.05 Å². The van der Waals surface area contributed by atoms with E-state index in [0.717, 1.165) is 23.1 Å². The molecule has 0 spiro atoms. The van der Waals surface area contributed by atoms with Gasteiger partial charge in [-0.3, -0.25) is 19.0 Å². The van der Waals surface area contributed by atoms with Crippen molar-refractivity contribution in [1.82, 2.24) is 28.8 Å². The summed E-state index contributed by atoms with van der Waals surface area (Å²) in [4.78, 5) is 16.3. The van der Waals surface area contributed by atoms with Gasteiger partial charge in [-0.2, -0.15) is 18.2 Å². The lowest BCUT2D eigenvalue weighted by Crippen LogP contribution is -2.39. The Morgan fingerprint density at radius 3 is 2.86 bits per heavy atom. The number of hydrogen-bond acceptors (Lipinski definition) is 5. The van der Waals surface area contributed by atoms with Crippen LogP contribution >= 0.6 is 0 Å². The number of rotatable bonds is 8. The molecule has 0 aromatic carbocycles. The number of nitrogens with one attached hydrogen (secondary N) is 2. The van der Waals surface area contributed by atoms with Crippen LogP contribution in [0.15, 0.2) is 36.8 Å². The molecule has 0 saturated heterocycles. The van der Waals surface area contributed by atoms with E-state index < -0.39 is 16.1 Å². The fourth-order valence-corrected chi connectivity index (χ4v) is 3.87. The molecule has 9 nitrogen and oxygen atoms in total. The first-order valence-corrected chi connectivity index (χ1v) is 10.7. The molecule has 0 aliphatic rings. The molecule has 0 saturated carbocycles. The first-order valence-electron chi connectivity index (χ1n) is 9.27. The first kappa shape index (κ1) is 20.7. The number of aryl methyl sites for hydroxylation is 2. The van der Waals surface area contributed by atoms with E-state index in [1.807, 2.05) is 48.5 Å². The molecule has 3 heterocycles. The number of amides is 1. The van der Waals surface area contributed by atoms with Crippen molar-refractivity contribution < 1.29 is 13.2 Å². The molecule has 10 heteroatoms. The van der Waals surface area contributed by atoms with Gasteiger partial charge in [0.05, 0.1) is 17.4 Å². The van der Waals surface area contributed by atoms with Crippen LogP contribution in [0.2, 0.25) is 0 Å². The average molecular weight is 417 g/mol. The molecule has 0 unspecified atom stereocenters. The number of aromatic nitrogens is 4. The Morgan fingerprint density at radius 1 is 1.31 bits per heavy atom. The Hall–Kier alpha value is -2.98. The molecule has 0 bridgehead atoms. The summed E-state index contributed by atoms with van der Waals surface area (Å²) < 4.78 is 31.8. The van der Waals surface area contributed by atoms with Gasteiger partial charge in [0.2, 0.25) is 0 Å². The second kappa shape index (κ2) is 8.58. The molecule has 0 fully saturated rings. The Balaban J connectivity index is 1.86. The summed E-state index contributed by atoms with van der Waals surface area (Å²) in [5, 5.41) is 5.46. The van der Waals surface area contributed by atoms with Crippen LogP contribution in [0.25, 0.3) is 22.8 Å². The zero-order valence-corrected chi connectivity index (χ0v) is 17.4. The Bertz CT molecular complexity index is 1160. The normalized spacial score (nSPS) is 12.1. The van der Waals surface area contributed by atoms with Crippen molar-refractivity contribution in [3.63, 3.8) is 0 Å². The van der Waals surface area contributed by atoms with Gasteiger partial charge in [-0.05, 0) is 31.6 Å². The second-order valence-corrected chi connectivity index (χ2v) is 8.12. The summed E-state index contributed by atoms with van der Waals surface area (Å²) in [5.74, 6) is 0.0145. The van der Waals surface area contributed by atoms with Gasteiger partial charge in [-0.1, -0.05) is 13.3 Å². The third-order valence-corrected chi connectivity index (χ3v) is 5.47. The van der Waals surface area contributed by atoms with Gasteiger partial charge in [0.25, 0.3) is 5.91 Å². The zero-order chi connectivity index (χ0) is 21.0. The Labute approximate surface area is 169 Å². The maximum atomic E-state index is 12.1. The van der Waals surface area contributed by atoms with E-state index in [1.165, 1.54) is 6.08 Å². The summed E-state index contributed by atoms with van der Waals surface area (Å²) in [7, 11) is -2.07. The van der Waals surface area contributed by atoms with Gasteiger partial charge < -0.3 is 0 Å². The topological polar surface area (TPSA) is 111 Å². The van der Waals surface area contributed by atoms with Gasteiger partial charge in [-0.15, -0.1) is 0 Å². The summed E-state index contributed by atoms with van der Waals surface area (Å²) >= 11 is 0. The maximum Gasteiger partial charge on any atom is 0.301 e. The van der Waals surface area contributed by atoms with Gasteiger partial charge >= 0.3 is 10.2 Å². The van der Waals surface area contributed by atoms with E-state index in [-0.39, 0.29) is 6.54 Å². The van der Waals surface area contributed by atoms with E-state index in [9.17, 15) is 13.2 Å². The lowest BCUT2D eigenvalue weighted by Gasteiger charge is -2.08. The van der Waals surface area contributed by atoms with Crippen LogP contribution in [-0.2, 0) is 22.1 Å². The van der Waals surface area contributed by atoms with Gasteiger partial charge in [0.1, 0.15) is 5.82 Å². The fraction of sp³-hybridized carbons (Fsp3) is 0.316. The predicted molar refractivity (Wildman–Crippen MR) is 112 cm³/mol. The predicted octanol–water partition coefficient (Wildman–Crippen LogP) is 1.83. The van der Waals surface area contributed by atoms with Crippen LogP contribution < -0.4 is 9.44 Å². The monoisotopic (exact) mass is 416 g/mol. The zero-order valence-electron chi connectivity index (χ0n) is 16.6. The van der Waals surface area contributed by atoms with Crippen molar-refractivity contribution in [3.05, 3.63) is 48.1 Å². The molecule has 0 aliphatic heterocycles. The maximum absolute atomic E-state index is 12.1. The highest BCUT2D eigenvalue weighted by atomic mass is 32.2. The highest BCUT2D eigenvalue weighted by Gasteiger charge is 2.16. The molecule has 0 atom stereocenters. The minimum Gasteiger partial charge on any atom is -0.299 e. The quantitative estimate of drug-likeness (QED) is 0.430. The van der Waals surface area contributed by atoms with Crippen LogP contribution in [0.3, 0.4) is 0 Å². The van der Waals surface area contributed by atoms with Crippen LogP contribution in [0.4, 0.5) is 0 Å². The Morgan fingerprint density at radius 2 is 2.10 bits per heavy atom. The lowest BCUT2D eigenvalue weighted by molar-refractivity contribution is -0.114. The van der Waals surface area contributed by atoms with Crippen molar-refractivity contribution in [1.29, 1.82) is 0 Å². The van der Waals surface area contributed by atoms with E-state index >= 15 is 0 Å². The minimum absolute atomic E-state index is 0.281. The number of fused-ring (bicyclic) bond motifs is 1. The fourth-order valence-electron chi connectivity index (χ4n) is 3.05. The molecule has 154 valence electrons. The molecule has 3 aromatic heterocycles. The number of carbonyl (C=O) groups excluding carboxylic acids is 1. The molecule has 29 heavy (non-hydrogen) atoms. The molecule has 3 rings (SSSR count). The van der Waals surface area contributed by atoms with Crippen molar-refractivity contribution in [3.8, 4) is 5.82 Å². The molecule has 1 amide bonds. The van der Waals surface area contributed by atoms with Crippen LogP contribution in [0, 0.1) is 6.92 Å². The molecule has 3 aromatic rings. The molecular weight excluding hydrogens is 392 g/mol. The molecule has 2 N–H and O–H groups in total. The van der Waals surface area contributed by atoms with E-state index in [2.05, 4.69) is 14.8 Å². The second-order valence-electron chi connectivity index (χ2n) is 6.62. The number of pyridine rings is 1. The Kier molecular flexibility index (Phi) is 6.14. The number of nitrogens with zero attached hydrogens (tertiary/aromatic N) is 4. The highest BCUT2D eigenvalue weighted by Crippen LogP contribution is 2.24. The molecule has 0 radical (unpaired) electrons. The lowest BCUT2D eigenvalue weighted by atomic mass is 10.2.